The van der Waals surface area contributed by atoms with Crippen molar-refractivity contribution in [3.05, 3.63) is 65.7 Å². The van der Waals surface area contributed by atoms with Gasteiger partial charge in [0, 0.05) is 25.2 Å². The number of ether oxygens (including phenoxy) is 1. The SMILES string of the molecule is O=C(O)[C@]1(Cc2ccccc2)CN(Cc2ccccc2OCCO)CC[C@@H]1O. The zero-order valence-electron chi connectivity index (χ0n) is 15.8. The van der Waals surface area contributed by atoms with Crippen LogP contribution in [0.2, 0.25) is 0 Å². The number of aliphatic hydroxyl groups is 2. The van der Waals surface area contributed by atoms with Crippen LogP contribution < -0.4 is 4.74 Å². The van der Waals surface area contributed by atoms with E-state index in [9.17, 15) is 15.0 Å². The lowest BCUT2D eigenvalue weighted by molar-refractivity contribution is -0.163. The highest BCUT2D eigenvalue weighted by atomic mass is 16.5. The number of carbonyl (C=O) groups is 1. The van der Waals surface area contributed by atoms with Crippen molar-refractivity contribution in [3.63, 3.8) is 0 Å². The van der Waals surface area contributed by atoms with Gasteiger partial charge in [0.15, 0.2) is 0 Å². The second-order valence-electron chi connectivity index (χ2n) is 7.32. The Morgan fingerprint density at radius 1 is 1.14 bits per heavy atom. The Balaban J connectivity index is 1.80. The zero-order chi connectivity index (χ0) is 20.0. The van der Waals surface area contributed by atoms with E-state index in [0.29, 0.717) is 25.3 Å². The molecule has 1 saturated heterocycles. The summed E-state index contributed by atoms with van der Waals surface area (Å²) < 4.78 is 5.60. The van der Waals surface area contributed by atoms with Crippen LogP contribution in [0.5, 0.6) is 5.75 Å². The smallest absolute Gasteiger partial charge is 0.313 e. The quantitative estimate of drug-likeness (QED) is 0.643. The van der Waals surface area contributed by atoms with Crippen LogP contribution in [-0.2, 0) is 17.8 Å². The summed E-state index contributed by atoms with van der Waals surface area (Å²) in [6, 6.07) is 17.0. The van der Waals surface area contributed by atoms with Gasteiger partial charge in [-0.1, -0.05) is 48.5 Å². The summed E-state index contributed by atoms with van der Waals surface area (Å²) in [6.45, 7) is 1.54. The first-order valence-electron chi connectivity index (χ1n) is 9.54. The molecule has 0 aromatic heterocycles. The Labute approximate surface area is 165 Å². The third-order valence-corrected chi connectivity index (χ3v) is 5.37. The Morgan fingerprint density at radius 3 is 2.57 bits per heavy atom. The molecular weight excluding hydrogens is 358 g/mol. The molecule has 0 bridgehead atoms. The molecular formula is C22H27NO5. The lowest BCUT2D eigenvalue weighted by atomic mass is 9.72. The van der Waals surface area contributed by atoms with E-state index in [4.69, 9.17) is 9.84 Å². The third-order valence-electron chi connectivity index (χ3n) is 5.37. The average molecular weight is 385 g/mol. The van der Waals surface area contributed by atoms with Gasteiger partial charge in [-0.25, -0.2) is 0 Å². The van der Waals surface area contributed by atoms with E-state index in [-0.39, 0.29) is 26.2 Å². The van der Waals surface area contributed by atoms with Crippen molar-refractivity contribution in [2.24, 2.45) is 5.41 Å². The summed E-state index contributed by atoms with van der Waals surface area (Å²) in [4.78, 5) is 14.3. The highest BCUT2D eigenvalue weighted by Crippen LogP contribution is 2.36. The summed E-state index contributed by atoms with van der Waals surface area (Å²) in [6.07, 6.45) is -0.218. The van der Waals surface area contributed by atoms with Crippen molar-refractivity contribution in [3.8, 4) is 5.75 Å². The molecule has 2 atom stereocenters. The lowest BCUT2D eigenvalue weighted by Gasteiger charge is -2.43. The van der Waals surface area contributed by atoms with Gasteiger partial charge in [0.1, 0.15) is 17.8 Å². The van der Waals surface area contributed by atoms with Gasteiger partial charge < -0.3 is 20.1 Å². The molecule has 0 amide bonds. The van der Waals surface area contributed by atoms with Gasteiger partial charge in [-0.2, -0.15) is 0 Å². The number of carboxylic acids is 1. The summed E-state index contributed by atoms with van der Waals surface area (Å²) in [7, 11) is 0. The number of aliphatic hydroxyl groups excluding tert-OH is 2. The molecule has 0 unspecified atom stereocenters. The topological polar surface area (TPSA) is 90.2 Å². The van der Waals surface area contributed by atoms with Crippen molar-refractivity contribution >= 4 is 5.97 Å². The molecule has 3 N–H and O–H groups in total. The molecule has 150 valence electrons. The number of likely N-dealkylation sites (tertiary alicyclic amines) is 1. The van der Waals surface area contributed by atoms with Crippen molar-refractivity contribution < 1.29 is 24.9 Å². The molecule has 0 radical (unpaired) electrons. The van der Waals surface area contributed by atoms with Gasteiger partial charge in [-0.3, -0.25) is 9.69 Å². The molecule has 2 aromatic rings. The average Bonchev–Trinajstić information content (AvgIpc) is 2.70. The predicted octanol–water partition coefficient (Wildman–Crippen LogP) is 1.94. The lowest BCUT2D eigenvalue weighted by Crippen LogP contribution is -2.56. The largest absolute Gasteiger partial charge is 0.491 e. The summed E-state index contributed by atoms with van der Waals surface area (Å²) >= 11 is 0. The number of hydrogen-bond donors (Lipinski definition) is 3. The van der Waals surface area contributed by atoms with Crippen LogP contribution in [0.4, 0.5) is 0 Å². The Bertz CT molecular complexity index is 782. The van der Waals surface area contributed by atoms with Crippen LogP contribution in [0, 0.1) is 5.41 Å². The standard InChI is InChI=1S/C22H27NO5/c24-12-13-28-19-9-5-4-8-18(19)15-23-11-10-20(25)22(16-23,21(26)27)14-17-6-2-1-3-7-17/h1-9,20,24-25H,10-16H2,(H,26,27)/t20-,22+/m0/s1. The maximum absolute atomic E-state index is 12.3. The molecule has 28 heavy (non-hydrogen) atoms. The normalized spacial score (nSPS) is 22.7. The van der Waals surface area contributed by atoms with E-state index in [0.717, 1.165) is 11.1 Å². The second-order valence-corrected chi connectivity index (χ2v) is 7.32. The van der Waals surface area contributed by atoms with E-state index in [1.807, 2.05) is 54.6 Å². The van der Waals surface area contributed by atoms with E-state index >= 15 is 0 Å². The van der Waals surface area contributed by atoms with Gasteiger partial charge in [0.25, 0.3) is 0 Å². The van der Waals surface area contributed by atoms with E-state index in [1.54, 1.807) is 0 Å². The highest BCUT2D eigenvalue weighted by molar-refractivity contribution is 5.76. The van der Waals surface area contributed by atoms with Gasteiger partial charge in [-0.05, 0) is 24.5 Å². The Morgan fingerprint density at radius 2 is 1.86 bits per heavy atom. The summed E-state index contributed by atoms with van der Waals surface area (Å²) in [5, 5.41) is 29.7. The molecule has 0 saturated carbocycles. The molecule has 1 aliphatic rings. The maximum Gasteiger partial charge on any atom is 0.313 e. The fourth-order valence-corrected chi connectivity index (χ4v) is 3.89. The van der Waals surface area contributed by atoms with Gasteiger partial charge in [0.05, 0.1) is 12.7 Å². The maximum atomic E-state index is 12.3. The number of aliphatic carboxylic acids is 1. The first-order chi connectivity index (χ1) is 13.5. The van der Waals surface area contributed by atoms with Crippen molar-refractivity contribution in [1.82, 2.24) is 4.90 Å². The fourth-order valence-electron chi connectivity index (χ4n) is 3.89. The van der Waals surface area contributed by atoms with Crippen LogP contribution in [0.1, 0.15) is 17.5 Å². The molecule has 0 aliphatic carbocycles. The Kier molecular flexibility index (Phi) is 6.67. The van der Waals surface area contributed by atoms with Crippen molar-refractivity contribution in [2.45, 2.75) is 25.5 Å². The second kappa shape index (κ2) is 9.19. The third kappa shape index (κ3) is 4.52. The number of hydrogen-bond acceptors (Lipinski definition) is 5. The number of carboxylic acid groups (broad SMARTS) is 1. The number of benzene rings is 2. The molecule has 0 spiro atoms. The molecule has 6 nitrogen and oxygen atoms in total. The van der Waals surface area contributed by atoms with Gasteiger partial charge in [-0.15, -0.1) is 0 Å². The minimum absolute atomic E-state index is 0.0660. The first-order valence-corrected chi connectivity index (χ1v) is 9.54. The molecule has 6 heteroatoms. The molecule has 2 aromatic carbocycles. The first kappa shape index (κ1) is 20.3. The molecule has 1 aliphatic heterocycles. The molecule has 3 rings (SSSR count). The number of piperidine rings is 1. The van der Waals surface area contributed by atoms with E-state index < -0.39 is 17.5 Å². The number of para-hydroxylation sites is 1. The van der Waals surface area contributed by atoms with Crippen LogP contribution in [0.3, 0.4) is 0 Å². The van der Waals surface area contributed by atoms with E-state index in [1.165, 1.54) is 0 Å². The zero-order valence-corrected chi connectivity index (χ0v) is 15.8. The molecule has 1 heterocycles. The minimum Gasteiger partial charge on any atom is -0.491 e. The van der Waals surface area contributed by atoms with E-state index in [2.05, 4.69) is 4.90 Å². The van der Waals surface area contributed by atoms with Crippen molar-refractivity contribution in [1.29, 1.82) is 0 Å². The predicted molar refractivity (Wildman–Crippen MR) is 105 cm³/mol. The minimum atomic E-state index is -1.25. The fraction of sp³-hybridized carbons (Fsp3) is 0.409. The number of rotatable bonds is 8. The summed E-state index contributed by atoms with van der Waals surface area (Å²) in [5.74, 6) is -0.287. The number of nitrogens with zero attached hydrogens (tertiary/aromatic N) is 1. The Hall–Kier alpha value is -2.41. The van der Waals surface area contributed by atoms with Crippen LogP contribution >= 0.6 is 0 Å². The molecule has 1 fully saturated rings. The van der Waals surface area contributed by atoms with Gasteiger partial charge in [0.2, 0.25) is 0 Å². The summed E-state index contributed by atoms with van der Waals surface area (Å²) in [5.41, 5.74) is 0.587. The van der Waals surface area contributed by atoms with Gasteiger partial charge >= 0.3 is 5.97 Å². The van der Waals surface area contributed by atoms with Crippen LogP contribution in [0.25, 0.3) is 0 Å². The van der Waals surface area contributed by atoms with Crippen molar-refractivity contribution in [2.75, 3.05) is 26.3 Å². The monoisotopic (exact) mass is 385 g/mol. The van der Waals surface area contributed by atoms with Crippen LogP contribution in [-0.4, -0.2) is 58.6 Å². The van der Waals surface area contributed by atoms with Crippen LogP contribution in [0.15, 0.2) is 54.6 Å². The highest BCUT2D eigenvalue weighted by Gasteiger charge is 2.49.